The minimum atomic E-state index is -1.07. The quantitative estimate of drug-likeness (QED) is 0.743. The lowest BCUT2D eigenvalue weighted by molar-refractivity contribution is -0.143. The number of carbonyl (C=O) groups is 2. The number of rotatable bonds is 4. The van der Waals surface area contributed by atoms with E-state index in [9.17, 15) is 9.59 Å². The summed E-state index contributed by atoms with van der Waals surface area (Å²) < 4.78 is 0. The summed E-state index contributed by atoms with van der Waals surface area (Å²) in [6.07, 6.45) is 2.16. The summed E-state index contributed by atoms with van der Waals surface area (Å²) in [5.74, 6) is -1.44. The topological polar surface area (TPSA) is 92.4 Å². The van der Waals surface area contributed by atoms with E-state index >= 15 is 0 Å². The molecule has 1 aromatic heterocycles. The number of hydrogen-bond acceptors (Lipinski definition) is 4. The second kappa shape index (κ2) is 4.46. The highest BCUT2D eigenvalue weighted by molar-refractivity contribution is 7.10. The molecule has 0 aromatic carbocycles. The fraction of sp³-hybridized carbons (Fsp3) is 0.455. The summed E-state index contributed by atoms with van der Waals surface area (Å²) in [6, 6.07) is 2.45. The fourth-order valence-corrected chi connectivity index (χ4v) is 2.54. The molecule has 1 aliphatic carbocycles. The van der Waals surface area contributed by atoms with E-state index in [1.54, 1.807) is 17.5 Å². The van der Waals surface area contributed by atoms with Crippen molar-refractivity contribution in [2.75, 3.05) is 0 Å². The van der Waals surface area contributed by atoms with Crippen LogP contribution in [0, 0.1) is 0 Å². The number of nitrogens with one attached hydrogen (secondary N) is 1. The average Bonchev–Trinajstić information content (AvgIpc) is 2.74. The average molecular weight is 254 g/mol. The van der Waals surface area contributed by atoms with E-state index in [2.05, 4.69) is 5.32 Å². The highest BCUT2D eigenvalue weighted by atomic mass is 32.1. The summed E-state index contributed by atoms with van der Waals surface area (Å²) >= 11 is 1.30. The van der Waals surface area contributed by atoms with Gasteiger partial charge < -0.3 is 16.2 Å². The molecule has 1 atom stereocenters. The summed E-state index contributed by atoms with van der Waals surface area (Å²) in [5, 5.41) is 13.4. The number of carboxylic acids is 1. The van der Waals surface area contributed by atoms with Gasteiger partial charge in [-0.15, -0.1) is 11.3 Å². The Morgan fingerprint density at radius 1 is 1.53 bits per heavy atom. The van der Waals surface area contributed by atoms with E-state index in [0.717, 1.165) is 6.42 Å². The van der Waals surface area contributed by atoms with Crippen LogP contribution < -0.4 is 11.1 Å². The van der Waals surface area contributed by atoms with E-state index in [4.69, 9.17) is 10.8 Å². The van der Waals surface area contributed by atoms with Crippen molar-refractivity contribution in [3.05, 3.63) is 22.4 Å². The molecule has 17 heavy (non-hydrogen) atoms. The van der Waals surface area contributed by atoms with E-state index < -0.39 is 17.6 Å². The van der Waals surface area contributed by atoms with Crippen molar-refractivity contribution in [2.45, 2.75) is 30.8 Å². The normalized spacial score (nSPS) is 19.1. The molecule has 0 aliphatic heterocycles. The third-order valence-corrected chi connectivity index (χ3v) is 3.99. The molecule has 2 rings (SSSR count). The lowest BCUT2D eigenvalue weighted by atomic mass is 9.77. The maximum atomic E-state index is 11.9. The molecule has 1 heterocycles. The lowest BCUT2D eigenvalue weighted by Gasteiger charge is -2.36. The van der Waals surface area contributed by atoms with Gasteiger partial charge in [-0.05, 0) is 30.7 Å². The van der Waals surface area contributed by atoms with Crippen molar-refractivity contribution in [2.24, 2.45) is 5.73 Å². The second-order valence-corrected chi connectivity index (χ2v) is 5.25. The summed E-state index contributed by atoms with van der Waals surface area (Å²) in [4.78, 5) is 23.6. The largest absolute Gasteiger partial charge is 0.479 e. The number of hydrogen-bond donors (Lipinski definition) is 3. The van der Waals surface area contributed by atoms with Gasteiger partial charge in [-0.25, -0.2) is 4.79 Å². The third-order valence-electron chi connectivity index (χ3n) is 3.05. The molecule has 6 heteroatoms. The van der Waals surface area contributed by atoms with Gasteiger partial charge in [0.05, 0.1) is 5.54 Å². The van der Waals surface area contributed by atoms with Gasteiger partial charge in [-0.1, -0.05) is 6.07 Å². The van der Waals surface area contributed by atoms with Crippen molar-refractivity contribution in [1.29, 1.82) is 0 Å². The molecule has 0 bridgehead atoms. The minimum absolute atomic E-state index is 0.371. The first-order valence-corrected chi connectivity index (χ1v) is 6.27. The molecule has 1 unspecified atom stereocenters. The molecule has 0 radical (unpaired) electrons. The van der Waals surface area contributed by atoms with E-state index in [0.29, 0.717) is 17.7 Å². The number of carboxylic acid groups (broad SMARTS) is 1. The van der Waals surface area contributed by atoms with Gasteiger partial charge in [0.15, 0.2) is 6.04 Å². The lowest BCUT2D eigenvalue weighted by Crippen LogP contribution is -2.59. The Bertz CT molecular complexity index is 426. The molecule has 92 valence electrons. The van der Waals surface area contributed by atoms with Crippen LogP contribution in [0.15, 0.2) is 17.5 Å². The van der Waals surface area contributed by atoms with Crippen LogP contribution in [0.4, 0.5) is 0 Å². The van der Waals surface area contributed by atoms with Crippen LogP contribution in [-0.4, -0.2) is 22.5 Å². The predicted molar refractivity (Wildman–Crippen MR) is 63.6 cm³/mol. The zero-order chi connectivity index (χ0) is 12.5. The van der Waals surface area contributed by atoms with Crippen LogP contribution in [0.25, 0.3) is 0 Å². The first kappa shape index (κ1) is 12.1. The van der Waals surface area contributed by atoms with E-state index in [1.165, 1.54) is 11.3 Å². The maximum Gasteiger partial charge on any atom is 0.331 e. The standard InChI is InChI=1S/C11H14N2O3S/c12-11(4-2-5-11)10(16)13-8(9(14)15)7-3-1-6-17-7/h1,3,6,8H,2,4-5,12H2,(H,13,16)(H,14,15). The van der Waals surface area contributed by atoms with Gasteiger partial charge in [0.2, 0.25) is 5.91 Å². The fourth-order valence-electron chi connectivity index (χ4n) is 1.77. The molecule has 1 fully saturated rings. The highest BCUT2D eigenvalue weighted by Gasteiger charge is 2.41. The van der Waals surface area contributed by atoms with Crippen molar-refractivity contribution in [3.63, 3.8) is 0 Å². The van der Waals surface area contributed by atoms with Gasteiger partial charge >= 0.3 is 5.97 Å². The smallest absolute Gasteiger partial charge is 0.331 e. The van der Waals surface area contributed by atoms with E-state index in [1.807, 2.05) is 0 Å². The first-order valence-electron chi connectivity index (χ1n) is 5.39. The Labute approximate surface area is 103 Å². The number of nitrogens with two attached hydrogens (primary N) is 1. The van der Waals surface area contributed by atoms with Crippen molar-refractivity contribution >= 4 is 23.2 Å². The molecule has 0 spiro atoms. The summed E-state index contributed by atoms with van der Waals surface area (Å²) in [6.45, 7) is 0. The van der Waals surface area contributed by atoms with Crippen LogP contribution in [0.2, 0.25) is 0 Å². The molecule has 5 nitrogen and oxygen atoms in total. The summed E-state index contributed by atoms with van der Waals surface area (Å²) in [5.41, 5.74) is 4.98. The monoisotopic (exact) mass is 254 g/mol. The zero-order valence-electron chi connectivity index (χ0n) is 9.18. The maximum absolute atomic E-state index is 11.9. The molecule has 1 amide bonds. The molecular formula is C11H14N2O3S. The first-order chi connectivity index (χ1) is 8.03. The van der Waals surface area contributed by atoms with Crippen molar-refractivity contribution in [3.8, 4) is 0 Å². The van der Waals surface area contributed by atoms with Gasteiger partial charge in [0.1, 0.15) is 0 Å². The Morgan fingerprint density at radius 2 is 2.24 bits per heavy atom. The Balaban J connectivity index is 2.09. The Morgan fingerprint density at radius 3 is 2.65 bits per heavy atom. The van der Waals surface area contributed by atoms with Crippen LogP contribution in [0.5, 0.6) is 0 Å². The number of carbonyl (C=O) groups excluding carboxylic acids is 1. The van der Waals surface area contributed by atoms with Crippen LogP contribution in [0.1, 0.15) is 30.2 Å². The molecular weight excluding hydrogens is 240 g/mol. The second-order valence-electron chi connectivity index (χ2n) is 4.27. The Hall–Kier alpha value is -1.40. The molecule has 1 saturated carbocycles. The number of thiophene rings is 1. The van der Waals surface area contributed by atoms with Gasteiger partial charge in [0, 0.05) is 4.88 Å². The molecule has 1 aliphatic rings. The van der Waals surface area contributed by atoms with Crippen LogP contribution >= 0.6 is 11.3 Å². The van der Waals surface area contributed by atoms with Crippen molar-refractivity contribution in [1.82, 2.24) is 5.32 Å². The minimum Gasteiger partial charge on any atom is -0.479 e. The van der Waals surface area contributed by atoms with Crippen LogP contribution in [0.3, 0.4) is 0 Å². The van der Waals surface area contributed by atoms with Crippen molar-refractivity contribution < 1.29 is 14.7 Å². The highest BCUT2D eigenvalue weighted by Crippen LogP contribution is 2.30. The number of aliphatic carboxylic acids is 1. The zero-order valence-corrected chi connectivity index (χ0v) is 10.00. The number of amides is 1. The third kappa shape index (κ3) is 2.32. The van der Waals surface area contributed by atoms with Crippen LogP contribution in [-0.2, 0) is 9.59 Å². The van der Waals surface area contributed by atoms with Gasteiger partial charge in [-0.2, -0.15) is 0 Å². The predicted octanol–water partition coefficient (Wildman–Crippen LogP) is 0.871. The SMILES string of the molecule is NC1(C(=O)NC(C(=O)O)c2cccs2)CCC1. The van der Waals surface area contributed by atoms with Gasteiger partial charge in [0.25, 0.3) is 0 Å². The molecule has 1 aromatic rings. The summed E-state index contributed by atoms with van der Waals surface area (Å²) in [7, 11) is 0. The molecule has 0 saturated heterocycles. The van der Waals surface area contributed by atoms with E-state index in [-0.39, 0.29) is 5.91 Å². The van der Waals surface area contributed by atoms with Gasteiger partial charge in [-0.3, -0.25) is 4.79 Å². The molecule has 4 N–H and O–H groups in total. The Kier molecular flexibility index (Phi) is 3.17.